The van der Waals surface area contributed by atoms with Crippen molar-refractivity contribution in [2.75, 3.05) is 6.61 Å². The zero-order valence-electron chi connectivity index (χ0n) is 10.8. The standard InChI is InChI=1S/C16H18O3/c17-15(18)16(12-6-2-1-3-7-12)10-11-19-14-9-5-4-8-13(14)16/h2,4-6,8-9,12H,1,3,7,10-11H2,(H,17,18). The van der Waals surface area contributed by atoms with Crippen molar-refractivity contribution in [3.63, 3.8) is 0 Å². The Morgan fingerprint density at radius 1 is 1.37 bits per heavy atom. The lowest BCUT2D eigenvalue weighted by Crippen LogP contribution is -2.46. The van der Waals surface area contributed by atoms with Crippen molar-refractivity contribution in [1.82, 2.24) is 0 Å². The topological polar surface area (TPSA) is 46.5 Å². The summed E-state index contributed by atoms with van der Waals surface area (Å²) in [6.45, 7) is 0.480. The number of hydrogen-bond donors (Lipinski definition) is 1. The average Bonchev–Trinajstić information content (AvgIpc) is 2.47. The van der Waals surface area contributed by atoms with Crippen LogP contribution in [0.25, 0.3) is 0 Å². The summed E-state index contributed by atoms with van der Waals surface area (Å²) in [6, 6.07) is 7.58. The van der Waals surface area contributed by atoms with Gasteiger partial charge in [0.15, 0.2) is 0 Å². The second-order valence-corrected chi connectivity index (χ2v) is 5.34. The van der Waals surface area contributed by atoms with Crippen molar-refractivity contribution in [1.29, 1.82) is 0 Å². The van der Waals surface area contributed by atoms with E-state index >= 15 is 0 Å². The Bertz CT molecular complexity index is 520. The normalized spacial score (nSPS) is 29.4. The van der Waals surface area contributed by atoms with Crippen LogP contribution in [0.2, 0.25) is 0 Å². The lowest BCUT2D eigenvalue weighted by Gasteiger charge is -2.41. The van der Waals surface area contributed by atoms with E-state index in [-0.39, 0.29) is 5.92 Å². The first-order chi connectivity index (χ1) is 9.25. The van der Waals surface area contributed by atoms with Gasteiger partial charge in [0, 0.05) is 12.0 Å². The van der Waals surface area contributed by atoms with Crippen LogP contribution < -0.4 is 4.74 Å². The molecule has 0 saturated heterocycles. The van der Waals surface area contributed by atoms with Crippen LogP contribution in [0.15, 0.2) is 36.4 Å². The highest BCUT2D eigenvalue weighted by atomic mass is 16.5. The van der Waals surface area contributed by atoms with Gasteiger partial charge < -0.3 is 9.84 Å². The van der Waals surface area contributed by atoms with E-state index in [0.29, 0.717) is 13.0 Å². The molecule has 0 amide bonds. The van der Waals surface area contributed by atoms with Crippen LogP contribution in [0.5, 0.6) is 5.75 Å². The van der Waals surface area contributed by atoms with E-state index in [1.807, 2.05) is 24.3 Å². The zero-order valence-corrected chi connectivity index (χ0v) is 10.8. The van der Waals surface area contributed by atoms with Crippen LogP contribution in [0.1, 0.15) is 31.2 Å². The van der Waals surface area contributed by atoms with Gasteiger partial charge in [-0.05, 0) is 31.2 Å². The van der Waals surface area contributed by atoms with Gasteiger partial charge in [-0.25, -0.2) is 0 Å². The van der Waals surface area contributed by atoms with Gasteiger partial charge in [0.05, 0.1) is 6.61 Å². The Kier molecular flexibility index (Phi) is 3.05. The number of para-hydroxylation sites is 1. The number of allylic oxidation sites excluding steroid dienone is 2. The summed E-state index contributed by atoms with van der Waals surface area (Å²) in [4.78, 5) is 12.0. The number of hydrogen-bond acceptors (Lipinski definition) is 2. The quantitative estimate of drug-likeness (QED) is 0.829. The molecule has 0 radical (unpaired) electrons. The molecule has 0 fully saturated rings. The lowest BCUT2D eigenvalue weighted by atomic mass is 9.64. The highest BCUT2D eigenvalue weighted by Crippen LogP contribution is 2.47. The van der Waals surface area contributed by atoms with Crippen molar-refractivity contribution < 1.29 is 14.6 Å². The van der Waals surface area contributed by atoms with Crippen molar-refractivity contribution in [3.8, 4) is 5.75 Å². The fraction of sp³-hybridized carbons (Fsp3) is 0.438. The zero-order chi connectivity index (χ0) is 13.3. The number of carboxylic acid groups (broad SMARTS) is 1. The molecule has 0 saturated carbocycles. The van der Waals surface area contributed by atoms with Crippen LogP contribution in [-0.4, -0.2) is 17.7 Å². The molecule has 3 rings (SSSR count). The fourth-order valence-electron chi connectivity index (χ4n) is 3.41. The Labute approximate surface area is 112 Å². The summed E-state index contributed by atoms with van der Waals surface area (Å²) in [5, 5.41) is 9.90. The molecule has 1 aromatic carbocycles. The fourth-order valence-corrected chi connectivity index (χ4v) is 3.41. The Morgan fingerprint density at radius 3 is 2.95 bits per heavy atom. The van der Waals surface area contributed by atoms with E-state index in [1.165, 1.54) is 0 Å². The molecule has 0 bridgehead atoms. The summed E-state index contributed by atoms with van der Waals surface area (Å²) >= 11 is 0. The smallest absolute Gasteiger partial charge is 0.315 e. The number of fused-ring (bicyclic) bond motifs is 1. The van der Waals surface area contributed by atoms with Gasteiger partial charge in [0.1, 0.15) is 11.2 Å². The van der Waals surface area contributed by atoms with Crippen LogP contribution in [0.4, 0.5) is 0 Å². The van der Waals surface area contributed by atoms with E-state index in [2.05, 4.69) is 12.2 Å². The molecule has 3 heteroatoms. The predicted octanol–water partition coefficient (Wildman–Crippen LogP) is 3.15. The summed E-state index contributed by atoms with van der Waals surface area (Å²) in [5.74, 6) is 0.0822. The maximum absolute atomic E-state index is 12.0. The predicted molar refractivity (Wildman–Crippen MR) is 72.3 cm³/mol. The first-order valence-corrected chi connectivity index (χ1v) is 6.87. The highest BCUT2D eigenvalue weighted by Gasteiger charge is 2.49. The molecule has 0 aromatic heterocycles. The second-order valence-electron chi connectivity index (χ2n) is 5.34. The second kappa shape index (κ2) is 4.72. The number of carbonyl (C=O) groups is 1. The summed E-state index contributed by atoms with van der Waals surface area (Å²) < 4.78 is 5.63. The molecule has 100 valence electrons. The van der Waals surface area contributed by atoms with E-state index in [4.69, 9.17) is 4.74 Å². The number of aliphatic carboxylic acids is 1. The molecule has 3 nitrogen and oxygen atoms in total. The van der Waals surface area contributed by atoms with E-state index in [1.54, 1.807) is 0 Å². The van der Waals surface area contributed by atoms with Gasteiger partial charge in [-0.1, -0.05) is 30.4 Å². The van der Waals surface area contributed by atoms with Gasteiger partial charge >= 0.3 is 5.97 Å². The van der Waals surface area contributed by atoms with Gasteiger partial charge in [-0.15, -0.1) is 0 Å². The molecule has 0 spiro atoms. The maximum Gasteiger partial charge on any atom is 0.315 e. The van der Waals surface area contributed by atoms with Crippen LogP contribution in [0.3, 0.4) is 0 Å². The summed E-state index contributed by atoms with van der Waals surface area (Å²) in [6.07, 6.45) is 7.84. The monoisotopic (exact) mass is 258 g/mol. The molecule has 2 unspecified atom stereocenters. The molecule has 1 aromatic rings. The lowest BCUT2D eigenvalue weighted by molar-refractivity contribution is -0.147. The third-order valence-electron chi connectivity index (χ3n) is 4.39. The minimum atomic E-state index is -0.814. The number of benzene rings is 1. The van der Waals surface area contributed by atoms with Crippen LogP contribution in [0, 0.1) is 5.92 Å². The number of carboxylic acids is 1. The minimum absolute atomic E-state index is 0.0730. The van der Waals surface area contributed by atoms with Crippen molar-refractivity contribution in [2.24, 2.45) is 5.92 Å². The van der Waals surface area contributed by atoms with Crippen molar-refractivity contribution in [2.45, 2.75) is 31.1 Å². The molecule has 19 heavy (non-hydrogen) atoms. The summed E-state index contributed by atoms with van der Waals surface area (Å²) in [5.41, 5.74) is 0.0245. The Balaban J connectivity index is 2.14. The highest BCUT2D eigenvalue weighted by molar-refractivity contribution is 5.84. The molecular formula is C16H18O3. The average molecular weight is 258 g/mol. The third-order valence-corrected chi connectivity index (χ3v) is 4.39. The minimum Gasteiger partial charge on any atom is -0.493 e. The van der Waals surface area contributed by atoms with Gasteiger partial charge in [-0.2, -0.15) is 0 Å². The first kappa shape index (κ1) is 12.3. The Morgan fingerprint density at radius 2 is 2.21 bits per heavy atom. The largest absolute Gasteiger partial charge is 0.493 e. The Hall–Kier alpha value is -1.77. The number of rotatable bonds is 2. The SMILES string of the molecule is O=C(O)C1(C2C=CCCC2)CCOc2ccccc21. The molecule has 1 aliphatic heterocycles. The van der Waals surface area contributed by atoms with Crippen LogP contribution in [-0.2, 0) is 10.2 Å². The van der Waals surface area contributed by atoms with Gasteiger partial charge in [0.2, 0.25) is 0 Å². The van der Waals surface area contributed by atoms with Crippen LogP contribution >= 0.6 is 0 Å². The maximum atomic E-state index is 12.0. The van der Waals surface area contributed by atoms with E-state index in [0.717, 1.165) is 30.6 Å². The van der Waals surface area contributed by atoms with E-state index in [9.17, 15) is 9.90 Å². The van der Waals surface area contributed by atoms with Crippen molar-refractivity contribution >= 4 is 5.97 Å². The number of ether oxygens (including phenoxy) is 1. The molecular weight excluding hydrogens is 240 g/mol. The van der Waals surface area contributed by atoms with Crippen molar-refractivity contribution in [3.05, 3.63) is 42.0 Å². The summed E-state index contributed by atoms with van der Waals surface area (Å²) in [7, 11) is 0. The molecule has 1 N–H and O–H groups in total. The molecule has 1 aliphatic carbocycles. The van der Waals surface area contributed by atoms with Gasteiger partial charge in [-0.3, -0.25) is 4.79 Å². The molecule has 2 atom stereocenters. The van der Waals surface area contributed by atoms with Gasteiger partial charge in [0.25, 0.3) is 0 Å². The first-order valence-electron chi connectivity index (χ1n) is 6.87. The molecule has 1 heterocycles. The molecule has 2 aliphatic rings. The van der Waals surface area contributed by atoms with E-state index < -0.39 is 11.4 Å². The third kappa shape index (κ3) is 1.84.